The van der Waals surface area contributed by atoms with E-state index >= 15 is 0 Å². The Morgan fingerprint density at radius 1 is 1.09 bits per heavy atom. The average molecular weight is 301 g/mol. The Labute approximate surface area is 129 Å². The van der Waals surface area contributed by atoms with Crippen molar-refractivity contribution in [3.8, 4) is 11.8 Å². The van der Waals surface area contributed by atoms with Crippen LogP contribution in [0.3, 0.4) is 0 Å². The molecule has 0 spiro atoms. The molecular weight excluding hydrogens is 282 g/mol. The van der Waals surface area contributed by atoms with Gasteiger partial charge in [0.2, 0.25) is 5.95 Å². The van der Waals surface area contributed by atoms with Crippen molar-refractivity contribution < 1.29 is 9.47 Å². The van der Waals surface area contributed by atoms with Gasteiger partial charge in [-0.2, -0.15) is 0 Å². The summed E-state index contributed by atoms with van der Waals surface area (Å²) >= 11 is 0. The molecule has 116 valence electrons. The average Bonchev–Trinajstić information content (AvgIpc) is 2.57. The lowest BCUT2D eigenvalue weighted by Crippen LogP contribution is -2.42. The van der Waals surface area contributed by atoms with Crippen molar-refractivity contribution in [3.63, 3.8) is 0 Å². The van der Waals surface area contributed by atoms with Crippen LogP contribution in [0.25, 0.3) is 0 Å². The minimum atomic E-state index is 0.0437. The van der Waals surface area contributed by atoms with Crippen LogP contribution in [0.2, 0.25) is 0 Å². The van der Waals surface area contributed by atoms with Crippen LogP contribution in [-0.2, 0) is 0 Å². The van der Waals surface area contributed by atoms with Gasteiger partial charge in [-0.1, -0.05) is 0 Å². The van der Waals surface area contributed by atoms with E-state index in [1.165, 1.54) is 0 Å². The molecule has 0 N–H and O–H groups in total. The van der Waals surface area contributed by atoms with E-state index < -0.39 is 0 Å². The number of hydrogen-bond donors (Lipinski definition) is 0. The third-order valence-corrected chi connectivity index (χ3v) is 3.54. The molecule has 0 bridgehead atoms. The number of ether oxygens (including phenoxy) is 2. The van der Waals surface area contributed by atoms with E-state index in [0.717, 1.165) is 31.5 Å². The second kappa shape index (κ2) is 6.55. The van der Waals surface area contributed by atoms with Crippen molar-refractivity contribution >= 4 is 5.95 Å². The first-order valence-corrected chi connectivity index (χ1v) is 7.31. The fourth-order valence-electron chi connectivity index (χ4n) is 2.38. The number of piperidine rings is 1. The molecule has 0 aliphatic carbocycles. The zero-order valence-electron chi connectivity index (χ0n) is 12.8. The number of hydrogen-bond acceptors (Lipinski definition) is 7. The van der Waals surface area contributed by atoms with Crippen molar-refractivity contribution in [2.24, 2.45) is 0 Å². The molecule has 0 amide bonds. The number of methoxy groups -OCH3 is 1. The maximum absolute atomic E-state index is 5.86. The molecule has 3 heterocycles. The van der Waals surface area contributed by atoms with E-state index in [2.05, 4.69) is 24.8 Å². The van der Waals surface area contributed by atoms with E-state index in [4.69, 9.17) is 9.47 Å². The summed E-state index contributed by atoms with van der Waals surface area (Å²) in [6.07, 6.45) is 8.91. The lowest BCUT2D eigenvalue weighted by Gasteiger charge is -2.32. The highest BCUT2D eigenvalue weighted by Gasteiger charge is 2.23. The zero-order chi connectivity index (χ0) is 15.4. The molecule has 1 fully saturated rings. The van der Waals surface area contributed by atoms with Gasteiger partial charge in [-0.25, -0.2) is 19.9 Å². The van der Waals surface area contributed by atoms with E-state index in [1.54, 1.807) is 31.9 Å². The second-order valence-corrected chi connectivity index (χ2v) is 5.29. The first-order valence-electron chi connectivity index (χ1n) is 7.31. The predicted molar refractivity (Wildman–Crippen MR) is 81.2 cm³/mol. The van der Waals surface area contributed by atoms with Gasteiger partial charge in [0.1, 0.15) is 6.10 Å². The monoisotopic (exact) mass is 301 g/mol. The van der Waals surface area contributed by atoms with Crippen LogP contribution < -0.4 is 14.4 Å². The van der Waals surface area contributed by atoms with Crippen LogP contribution in [0.15, 0.2) is 24.8 Å². The number of nitrogens with zero attached hydrogens (tertiary/aromatic N) is 5. The van der Waals surface area contributed by atoms with Crippen molar-refractivity contribution in [2.75, 3.05) is 25.1 Å². The first-order chi connectivity index (χ1) is 10.7. The molecule has 1 aliphatic rings. The zero-order valence-corrected chi connectivity index (χ0v) is 12.8. The van der Waals surface area contributed by atoms with E-state index in [0.29, 0.717) is 17.7 Å². The molecular formula is C15H19N5O2. The number of anilines is 1. The maximum atomic E-state index is 5.86. The van der Waals surface area contributed by atoms with Gasteiger partial charge < -0.3 is 14.4 Å². The summed E-state index contributed by atoms with van der Waals surface area (Å²) in [6.45, 7) is 3.59. The molecule has 1 aliphatic heterocycles. The van der Waals surface area contributed by atoms with Crippen molar-refractivity contribution in [2.45, 2.75) is 25.9 Å². The van der Waals surface area contributed by atoms with Crippen molar-refractivity contribution in [1.82, 2.24) is 19.9 Å². The Kier molecular flexibility index (Phi) is 4.32. The SMILES string of the molecule is COc1cnc(N2CCCC(Oc3ncc(C)cn3)C2)nc1. The summed E-state index contributed by atoms with van der Waals surface area (Å²) in [4.78, 5) is 19.2. The molecule has 2 aromatic heterocycles. The number of aryl methyl sites for hydroxylation is 1. The first kappa shape index (κ1) is 14.5. The smallest absolute Gasteiger partial charge is 0.316 e. The fraction of sp³-hybridized carbons (Fsp3) is 0.467. The highest BCUT2D eigenvalue weighted by Crippen LogP contribution is 2.19. The molecule has 3 rings (SSSR count). The second-order valence-electron chi connectivity index (χ2n) is 5.29. The van der Waals surface area contributed by atoms with Crippen molar-refractivity contribution in [1.29, 1.82) is 0 Å². The van der Waals surface area contributed by atoms with Gasteiger partial charge >= 0.3 is 6.01 Å². The Hall–Kier alpha value is -2.44. The maximum Gasteiger partial charge on any atom is 0.316 e. The summed E-state index contributed by atoms with van der Waals surface area (Å²) in [6, 6.07) is 0.424. The standard InChI is InChI=1S/C15H19N5O2/c1-11-6-18-15(19-7-11)22-12-4-3-5-20(10-12)14-16-8-13(21-2)9-17-14/h6-9,12H,3-5,10H2,1-2H3. The normalized spacial score (nSPS) is 18.1. The summed E-state index contributed by atoms with van der Waals surface area (Å²) in [7, 11) is 1.60. The molecule has 1 saturated heterocycles. The van der Waals surface area contributed by atoms with Gasteiger partial charge in [-0.3, -0.25) is 0 Å². The predicted octanol–water partition coefficient (Wildman–Crippen LogP) is 1.63. The van der Waals surface area contributed by atoms with E-state index in [9.17, 15) is 0 Å². The van der Waals surface area contributed by atoms with Crippen LogP contribution >= 0.6 is 0 Å². The summed E-state index contributed by atoms with van der Waals surface area (Å²) in [5.41, 5.74) is 1.02. The lowest BCUT2D eigenvalue weighted by molar-refractivity contribution is 0.164. The molecule has 0 aromatic carbocycles. The lowest BCUT2D eigenvalue weighted by atomic mass is 10.1. The van der Waals surface area contributed by atoms with Crippen LogP contribution in [0.4, 0.5) is 5.95 Å². The molecule has 0 saturated carbocycles. The third-order valence-electron chi connectivity index (χ3n) is 3.54. The third kappa shape index (κ3) is 3.41. The van der Waals surface area contributed by atoms with Crippen LogP contribution in [0.5, 0.6) is 11.8 Å². The highest BCUT2D eigenvalue weighted by molar-refractivity contribution is 5.32. The Morgan fingerprint density at radius 3 is 2.50 bits per heavy atom. The summed E-state index contributed by atoms with van der Waals surface area (Å²) in [5.74, 6) is 1.35. The molecule has 7 nitrogen and oxygen atoms in total. The molecule has 1 atom stereocenters. The van der Waals surface area contributed by atoms with Gasteiger partial charge in [-0.05, 0) is 25.3 Å². The summed E-state index contributed by atoms with van der Waals surface area (Å²) in [5, 5.41) is 0. The number of rotatable bonds is 4. The van der Waals surface area contributed by atoms with Gasteiger partial charge in [0.25, 0.3) is 0 Å². The van der Waals surface area contributed by atoms with E-state index in [-0.39, 0.29) is 6.10 Å². The topological polar surface area (TPSA) is 73.3 Å². The molecule has 7 heteroatoms. The van der Waals surface area contributed by atoms with Gasteiger partial charge in [0.15, 0.2) is 5.75 Å². The van der Waals surface area contributed by atoms with E-state index in [1.807, 2.05) is 6.92 Å². The molecule has 2 aromatic rings. The van der Waals surface area contributed by atoms with Gasteiger partial charge in [0, 0.05) is 18.9 Å². The molecule has 1 unspecified atom stereocenters. The fourth-order valence-corrected chi connectivity index (χ4v) is 2.38. The Morgan fingerprint density at radius 2 is 1.82 bits per heavy atom. The van der Waals surface area contributed by atoms with Crippen LogP contribution in [0.1, 0.15) is 18.4 Å². The summed E-state index contributed by atoms with van der Waals surface area (Å²) < 4.78 is 10.9. The molecule has 22 heavy (non-hydrogen) atoms. The largest absolute Gasteiger partial charge is 0.494 e. The van der Waals surface area contributed by atoms with Crippen molar-refractivity contribution in [3.05, 3.63) is 30.4 Å². The minimum Gasteiger partial charge on any atom is -0.494 e. The van der Waals surface area contributed by atoms with Crippen LogP contribution in [-0.4, -0.2) is 46.2 Å². The minimum absolute atomic E-state index is 0.0437. The van der Waals surface area contributed by atoms with Gasteiger partial charge in [-0.15, -0.1) is 0 Å². The van der Waals surface area contributed by atoms with Gasteiger partial charge in [0.05, 0.1) is 26.0 Å². The Bertz CT molecular complexity index is 602. The highest BCUT2D eigenvalue weighted by atomic mass is 16.5. The Balaban J connectivity index is 1.64. The quantitative estimate of drug-likeness (QED) is 0.849. The molecule has 0 radical (unpaired) electrons. The number of aromatic nitrogens is 4. The van der Waals surface area contributed by atoms with Crippen LogP contribution in [0, 0.1) is 6.92 Å².